The lowest BCUT2D eigenvalue weighted by Gasteiger charge is -2.22. The Morgan fingerprint density at radius 2 is 1.94 bits per heavy atom. The number of nitrogens with zero attached hydrogens (tertiary/aromatic N) is 2. The topological polar surface area (TPSA) is 112 Å². The number of nitriles is 1. The number of carbonyl (C=O) groups excluding carboxylic acids is 2. The Hall–Kier alpha value is -3.92. The second-order valence-corrected chi connectivity index (χ2v) is 7.83. The van der Waals surface area contributed by atoms with Crippen LogP contribution in [0.4, 0.5) is 0 Å². The number of phenolic OH excluding ortho intramolecular Hbond substituents is 1. The van der Waals surface area contributed by atoms with Gasteiger partial charge in [-0.3, -0.25) is 4.79 Å². The highest BCUT2D eigenvalue weighted by Gasteiger charge is 2.43. The fourth-order valence-corrected chi connectivity index (χ4v) is 3.54. The van der Waals surface area contributed by atoms with Gasteiger partial charge in [-0.15, -0.1) is 0 Å². The molecule has 1 saturated carbocycles. The average Bonchev–Trinajstić information content (AvgIpc) is 3.63. The van der Waals surface area contributed by atoms with Gasteiger partial charge in [0.15, 0.2) is 6.61 Å². The van der Waals surface area contributed by atoms with E-state index in [0.717, 1.165) is 18.4 Å². The van der Waals surface area contributed by atoms with Crippen LogP contribution in [-0.2, 0) is 9.53 Å². The number of ether oxygens (including phenoxy) is 1. The summed E-state index contributed by atoms with van der Waals surface area (Å²) in [6.45, 7) is 1.21. The number of carbonyl (C=O) groups is 2. The molecule has 1 heterocycles. The number of benzene rings is 2. The Morgan fingerprint density at radius 1 is 1.23 bits per heavy atom. The van der Waals surface area contributed by atoms with Crippen LogP contribution in [0.5, 0.6) is 5.75 Å². The molecule has 4 rings (SSSR count). The zero-order chi connectivity index (χ0) is 22.0. The van der Waals surface area contributed by atoms with Crippen molar-refractivity contribution in [1.29, 1.82) is 5.26 Å². The maximum absolute atomic E-state index is 12.8. The second kappa shape index (κ2) is 8.07. The number of nitrogens with one attached hydrogen (secondary N) is 1. The van der Waals surface area contributed by atoms with Crippen LogP contribution in [0, 0.1) is 17.2 Å². The van der Waals surface area contributed by atoms with Crippen molar-refractivity contribution in [1.82, 2.24) is 10.3 Å². The molecule has 156 valence electrons. The smallest absolute Gasteiger partial charge is 0.339 e. The van der Waals surface area contributed by atoms with Crippen molar-refractivity contribution in [2.75, 3.05) is 6.61 Å². The summed E-state index contributed by atoms with van der Waals surface area (Å²) in [7, 11) is 0. The summed E-state index contributed by atoms with van der Waals surface area (Å²) >= 11 is 0. The van der Waals surface area contributed by atoms with E-state index >= 15 is 0 Å². The number of esters is 1. The van der Waals surface area contributed by atoms with Crippen molar-refractivity contribution in [2.24, 2.45) is 5.92 Å². The zero-order valence-electron chi connectivity index (χ0n) is 17.0. The van der Waals surface area contributed by atoms with Crippen LogP contribution in [0.15, 0.2) is 54.6 Å². The van der Waals surface area contributed by atoms with Gasteiger partial charge in [0.05, 0.1) is 22.8 Å². The first-order chi connectivity index (χ1) is 14.9. The molecule has 0 radical (unpaired) electrons. The largest absolute Gasteiger partial charge is 0.508 e. The molecule has 7 heteroatoms. The lowest BCUT2D eigenvalue weighted by atomic mass is 9.98. The SMILES string of the molecule is C[C@@](C#N)(NC(=O)COC(=O)c1cc(-c2ccc(O)cc2)nc2ccccc12)C1CC1. The van der Waals surface area contributed by atoms with E-state index in [1.54, 1.807) is 55.5 Å². The quantitative estimate of drug-likeness (QED) is 0.595. The number of rotatable bonds is 6. The predicted octanol–water partition coefficient (Wildman–Crippen LogP) is 3.57. The van der Waals surface area contributed by atoms with Gasteiger partial charge in [0, 0.05) is 10.9 Å². The van der Waals surface area contributed by atoms with Crippen molar-refractivity contribution in [3.05, 3.63) is 60.2 Å². The third kappa shape index (κ3) is 4.33. The molecule has 0 unspecified atom stereocenters. The van der Waals surface area contributed by atoms with Gasteiger partial charge in [-0.2, -0.15) is 5.26 Å². The maximum Gasteiger partial charge on any atom is 0.339 e. The molecule has 2 N–H and O–H groups in total. The number of phenols is 1. The number of aromatic nitrogens is 1. The summed E-state index contributed by atoms with van der Waals surface area (Å²) in [6.07, 6.45) is 1.79. The molecule has 1 aliphatic rings. The molecular formula is C24H21N3O4. The Morgan fingerprint density at radius 3 is 2.61 bits per heavy atom. The standard InChI is InChI=1S/C24H21N3O4/c1-24(14-25,16-8-9-16)27-22(29)13-31-23(30)19-12-21(15-6-10-17(28)11-7-15)26-20-5-3-2-4-18(19)20/h2-7,10-12,16,28H,8-9,13H2,1H3,(H,27,29)/t24-/m0/s1. The zero-order valence-corrected chi connectivity index (χ0v) is 17.0. The van der Waals surface area contributed by atoms with E-state index in [9.17, 15) is 20.0 Å². The minimum atomic E-state index is -0.946. The monoisotopic (exact) mass is 415 g/mol. The van der Waals surface area contributed by atoms with Gasteiger partial charge in [-0.05, 0) is 62.1 Å². The maximum atomic E-state index is 12.8. The van der Waals surface area contributed by atoms with Crippen LogP contribution in [-0.4, -0.2) is 34.1 Å². The van der Waals surface area contributed by atoms with E-state index in [1.165, 1.54) is 0 Å². The first kappa shape index (κ1) is 20.4. The van der Waals surface area contributed by atoms with E-state index in [0.29, 0.717) is 16.6 Å². The Balaban J connectivity index is 1.56. The van der Waals surface area contributed by atoms with E-state index in [4.69, 9.17) is 4.74 Å². The lowest BCUT2D eigenvalue weighted by molar-refractivity contribution is -0.125. The first-order valence-electron chi connectivity index (χ1n) is 9.98. The number of hydrogen-bond donors (Lipinski definition) is 2. The summed E-state index contributed by atoms with van der Waals surface area (Å²) in [5.41, 5.74) is 1.21. The third-order valence-corrected chi connectivity index (χ3v) is 5.46. The van der Waals surface area contributed by atoms with Crippen LogP contribution in [0.25, 0.3) is 22.2 Å². The lowest BCUT2D eigenvalue weighted by Crippen LogP contribution is -2.48. The van der Waals surface area contributed by atoms with Gasteiger partial charge < -0.3 is 15.2 Å². The summed E-state index contributed by atoms with van der Waals surface area (Å²) in [6, 6.07) is 17.4. The first-order valence-corrected chi connectivity index (χ1v) is 9.98. The number of amides is 1. The van der Waals surface area contributed by atoms with Crippen LogP contribution in [0.3, 0.4) is 0 Å². The van der Waals surface area contributed by atoms with E-state index < -0.39 is 24.0 Å². The Kier molecular flexibility index (Phi) is 5.30. The fourth-order valence-electron chi connectivity index (χ4n) is 3.54. The number of pyridine rings is 1. The summed E-state index contributed by atoms with van der Waals surface area (Å²) in [5.74, 6) is -0.903. The van der Waals surface area contributed by atoms with E-state index in [2.05, 4.69) is 16.4 Å². The van der Waals surface area contributed by atoms with E-state index in [1.807, 2.05) is 6.07 Å². The van der Waals surface area contributed by atoms with Gasteiger partial charge in [-0.1, -0.05) is 18.2 Å². The minimum absolute atomic E-state index is 0.130. The molecule has 2 aromatic carbocycles. The summed E-state index contributed by atoms with van der Waals surface area (Å²) in [5, 5.41) is 22.2. The Labute approximate surface area is 179 Å². The highest BCUT2D eigenvalue weighted by molar-refractivity contribution is 6.05. The van der Waals surface area contributed by atoms with Crippen LogP contribution < -0.4 is 5.32 Å². The third-order valence-electron chi connectivity index (χ3n) is 5.46. The van der Waals surface area contributed by atoms with Crippen molar-refractivity contribution in [3.8, 4) is 23.1 Å². The van der Waals surface area contributed by atoms with Crippen molar-refractivity contribution < 1.29 is 19.4 Å². The van der Waals surface area contributed by atoms with Crippen LogP contribution in [0.2, 0.25) is 0 Å². The molecule has 0 aliphatic heterocycles. The van der Waals surface area contributed by atoms with Gasteiger partial charge in [-0.25, -0.2) is 9.78 Å². The van der Waals surface area contributed by atoms with Gasteiger partial charge in [0.25, 0.3) is 5.91 Å². The number of hydrogen-bond acceptors (Lipinski definition) is 6. The predicted molar refractivity (Wildman–Crippen MR) is 114 cm³/mol. The molecule has 1 atom stereocenters. The fraction of sp³-hybridized carbons (Fsp3) is 0.250. The molecule has 31 heavy (non-hydrogen) atoms. The summed E-state index contributed by atoms with van der Waals surface area (Å²) in [4.78, 5) is 29.7. The van der Waals surface area contributed by atoms with E-state index in [-0.39, 0.29) is 17.2 Å². The van der Waals surface area contributed by atoms with Crippen molar-refractivity contribution in [2.45, 2.75) is 25.3 Å². The van der Waals surface area contributed by atoms with Crippen LogP contribution in [0.1, 0.15) is 30.1 Å². The molecule has 3 aromatic rings. The van der Waals surface area contributed by atoms with Gasteiger partial charge in [0.2, 0.25) is 0 Å². The van der Waals surface area contributed by atoms with Gasteiger partial charge >= 0.3 is 5.97 Å². The van der Waals surface area contributed by atoms with Crippen LogP contribution >= 0.6 is 0 Å². The minimum Gasteiger partial charge on any atom is -0.508 e. The highest BCUT2D eigenvalue weighted by atomic mass is 16.5. The number of fused-ring (bicyclic) bond motifs is 1. The normalized spacial score (nSPS) is 15.0. The summed E-state index contributed by atoms with van der Waals surface area (Å²) < 4.78 is 5.27. The molecule has 1 fully saturated rings. The molecule has 1 amide bonds. The Bertz CT molecular complexity index is 1200. The molecule has 0 spiro atoms. The molecular weight excluding hydrogens is 394 g/mol. The molecule has 7 nitrogen and oxygen atoms in total. The molecule has 0 bridgehead atoms. The number of aromatic hydroxyl groups is 1. The van der Waals surface area contributed by atoms with Crippen molar-refractivity contribution in [3.63, 3.8) is 0 Å². The number of para-hydroxylation sites is 1. The average molecular weight is 415 g/mol. The van der Waals surface area contributed by atoms with Gasteiger partial charge in [0.1, 0.15) is 11.3 Å². The molecule has 1 aliphatic carbocycles. The second-order valence-electron chi connectivity index (χ2n) is 7.83. The highest BCUT2D eigenvalue weighted by Crippen LogP contribution is 2.39. The molecule has 1 aromatic heterocycles. The van der Waals surface area contributed by atoms with Crippen molar-refractivity contribution >= 4 is 22.8 Å². The molecule has 0 saturated heterocycles.